The van der Waals surface area contributed by atoms with Gasteiger partial charge in [0.2, 0.25) is 0 Å². The van der Waals surface area contributed by atoms with Crippen LogP contribution < -0.4 is 0 Å². The molecule has 0 unspecified atom stereocenters. The van der Waals surface area contributed by atoms with Gasteiger partial charge in [0.05, 0.1) is 5.69 Å². The number of hydrogen-bond acceptors (Lipinski definition) is 2. The first kappa shape index (κ1) is 8.41. The van der Waals surface area contributed by atoms with Crippen molar-refractivity contribution in [3.63, 3.8) is 0 Å². The quantitative estimate of drug-likeness (QED) is 0.412. The maximum atomic E-state index is 9.47. The van der Waals surface area contributed by atoms with E-state index < -0.39 is 0 Å². The zero-order chi connectivity index (χ0) is 9.97. The van der Waals surface area contributed by atoms with Crippen LogP contribution in [0.25, 0.3) is 21.2 Å². The van der Waals surface area contributed by atoms with Gasteiger partial charge in [0.25, 0.3) is 0 Å². The van der Waals surface area contributed by atoms with Crippen molar-refractivity contribution >= 4 is 16.5 Å². The third-order valence-electron chi connectivity index (χ3n) is 2.02. The van der Waals surface area contributed by atoms with E-state index in [1.165, 1.54) is 6.07 Å². The maximum absolute atomic E-state index is 9.47. The van der Waals surface area contributed by atoms with E-state index in [0.717, 1.165) is 10.8 Å². The monoisotopic (exact) mass is 185 g/mol. The fraction of sp³-hybridized carbons (Fsp3) is 0. The summed E-state index contributed by atoms with van der Waals surface area (Å²) in [5.74, 6) is 0.00139. The zero-order valence-corrected chi connectivity index (χ0v) is 7.25. The molecule has 0 heterocycles. The Bertz CT molecular complexity index is 530. The van der Waals surface area contributed by atoms with Crippen LogP contribution in [0.15, 0.2) is 41.5 Å². The first-order valence-electron chi connectivity index (χ1n) is 4.09. The molecule has 0 bridgehead atoms. The summed E-state index contributed by atoms with van der Waals surface area (Å²) in [5.41, 5.74) is 8.63. The summed E-state index contributed by atoms with van der Waals surface area (Å²) < 4.78 is 0. The highest BCUT2D eigenvalue weighted by atomic mass is 16.3. The minimum absolute atomic E-state index is 0.00139. The molecule has 0 amide bonds. The molecule has 4 nitrogen and oxygen atoms in total. The number of nitrogens with zero attached hydrogens (tertiary/aromatic N) is 3. The number of azide groups is 1. The normalized spacial score (nSPS) is 9.71. The van der Waals surface area contributed by atoms with E-state index in [0.29, 0.717) is 0 Å². The summed E-state index contributed by atoms with van der Waals surface area (Å²) in [4.78, 5) is 2.68. The first-order chi connectivity index (χ1) is 6.83. The highest BCUT2D eigenvalue weighted by Crippen LogP contribution is 2.34. The van der Waals surface area contributed by atoms with Crippen molar-refractivity contribution in [2.45, 2.75) is 0 Å². The van der Waals surface area contributed by atoms with Crippen LogP contribution in [0.4, 0.5) is 5.69 Å². The van der Waals surface area contributed by atoms with Gasteiger partial charge < -0.3 is 5.11 Å². The van der Waals surface area contributed by atoms with Crippen molar-refractivity contribution in [2.75, 3.05) is 0 Å². The number of phenols is 1. The van der Waals surface area contributed by atoms with Crippen LogP contribution in [-0.4, -0.2) is 5.11 Å². The number of benzene rings is 2. The van der Waals surface area contributed by atoms with Crippen molar-refractivity contribution < 1.29 is 5.11 Å². The molecule has 0 saturated heterocycles. The lowest BCUT2D eigenvalue weighted by atomic mass is 10.1. The number of phenolic OH excluding ortho intramolecular Hbond substituents is 1. The van der Waals surface area contributed by atoms with Gasteiger partial charge in [-0.15, -0.1) is 0 Å². The fourth-order valence-corrected chi connectivity index (χ4v) is 1.39. The van der Waals surface area contributed by atoms with E-state index in [1.54, 1.807) is 12.1 Å². The van der Waals surface area contributed by atoms with Crippen molar-refractivity contribution in [3.05, 3.63) is 46.8 Å². The second-order valence-electron chi connectivity index (χ2n) is 2.84. The Balaban J connectivity index is 2.89. The van der Waals surface area contributed by atoms with E-state index in [-0.39, 0.29) is 11.4 Å². The van der Waals surface area contributed by atoms with Crippen LogP contribution in [0.2, 0.25) is 0 Å². The molecule has 0 radical (unpaired) electrons. The minimum atomic E-state index is 0.00139. The lowest BCUT2D eigenvalue weighted by Crippen LogP contribution is -1.73. The molecule has 0 spiro atoms. The molecule has 0 aliphatic carbocycles. The molecule has 0 fully saturated rings. The first-order valence-corrected chi connectivity index (χ1v) is 4.09. The van der Waals surface area contributed by atoms with E-state index in [9.17, 15) is 5.11 Å². The molecule has 0 saturated carbocycles. The van der Waals surface area contributed by atoms with Crippen LogP contribution >= 0.6 is 0 Å². The van der Waals surface area contributed by atoms with Gasteiger partial charge in [-0.1, -0.05) is 35.4 Å². The van der Waals surface area contributed by atoms with Gasteiger partial charge in [-0.2, -0.15) is 0 Å². The zero-order valence-electron chi connectivity index (χ0n) is 7.25. The Kier molecular flexibility index (Phi) is 1.97. The molecule has 2 rings (SSSR count). The number of hydrogen-bond donors (Lipinski definition) is 1. The molecule has 14 heavy (non-hydrogen) atoms. The van der Waals surface area contributed by atoms with Crippen molar-refractivity contribution in [3.8, 4) is 5.75 Å². The molecule has 0 aliphatic heterocycles. The molecular formula is C10H7N3O. The number of aromatic hydroxyl groups is 1. The second kappa shape index (κ2) is 3.28. The molecule has 4 heteroatoms. The SMILES string of the molecule is [N-]=[N+]=Nc1c(O)ccc2ccccc12. The van der Waals surface area contributed by atoms with Crippen LogP contribution in [0.5, 0.6) is 5.75 Å². The van der Waals surface area contributed by atoms with Gasteiger partial charge >= 0.3 is 0 Å². The van der Waals surface area contributed by atoms with Crippen LogP contribution in [0.1, 0.15) is 0 Å². The van der Waals surface area contributed by atoms with Crippen LogP contribution in [0, 0.1) is 0 Å². The van der Waals surface area contributed by atoms with E-state index in [2.05, 4.69) is 10.0 Å². The summed E-state index contributed by atoms with van der Waals surface area (Å²) in [7, 11) is 0. The summed E-state index contributed by atoms with van der Waals surface area (Å²) in [5, 5.41) is 14.6. The van der Waals surface area contributed by atoms with Gasteiger partial charge in [0.1, 0.15) is 5.75 Å². The van der Waals surface area contributed by atoms with Crippen molar-refractivity contribution in [1.82, 2.24) is 0 Å². The number of rotatable bonds is 1. The molecular weight excluding hydrogens is 178 g/mol. The van der Waals surface area contributed by atoms with Gasteiger partial charge in [-0.05, 0) is 22.4 Å². The molecule has 0 aliphatic rings. The third-order valence-corrected chi connectivity index (χ3v) is 2.02. The molecule has 2 aromatic carbocycles. The molecule has 2 aromatic rings. The molecule has 0 aromatic heterocycles. The predicted octanol–water partition coefficient (Wildman–Crippen LogP) is 3.49. The smallest absolute Gasteiger partial charge is 0.125 e. The lowest BCUT2D eigenvalue weighted by molar-refractivity contribution is 0.477. The fourth-order valence-electron chi connectivity index (χ4n) is 1.39. The average molecular weight is 185 g/mol. The summed E-state index contributed by atoms with van der Waals surface area (Å²) in [6, 6.07) is 10.7. The molecule has 1 N–H and O–H groups in total. The van der Waals surface area contributed by atoms with E-state index in [4.69, 9.17) is 5.53 Å². The average Bonchev–Trinajstić information content (AvgIpc) is 2.23. The molecule has 0 atom stereocenters. The predicted molar refractivity (Wildman–Crippen MR) is 54.4 cm³/mol. The Hall–Kier alpha value is -2.19. The minimum Gasteiger partial charge on any atom is -0.507 e. The summed E-state index contributed by atoms with van der Waals surface area (Å²) in [6.45, 7) is 0. The van der Waals surface area contributed by atoms with Gasteiger partial charge in [0, 0.05) is 4.91 Å². The highest BCUT2D eigenvalue weighted by Gasteiger charge is 2.03. The summed E-state index contributed by atoms with van der Waals surface area (Å²) >= 11 is 0. The maximum Gasteiger partial charge on any atom is 0.125 e. The van der Waals surface area contributed by atoms with Crippen molar-refractivity contribution in [1.29, 1.82) is 0 Å². The topological polar surface area (TPSA) is 69.0 Å². The van der Waals surface area contributed by atoms with Gasteiger partial charge in [0.15, 0.2) is 0 Å². The van der Waals surface area contributed by atoms with Gasteiger partial charge in [-0.25, -0.2) is 0 Å². The highest BCUT2D eigenvalue weighted by molar-refractivity contribution is 5.95. The lowest BCUT2D eigenvalue weighted by Gasteiger charge is -2.02. The third kappa shape index (κ3) is 1.24. The van der Waals surface area contributed by atoms with E-state index >= 15 is 0 Å². The van der Waals surface area contributed by atoms with E-state index in [1.807, 2.05) is 18.2 Å². The second-order valence-corrected chi connectivity index (χ2v) is 2.84. The largest absolute Gasteiger partial charge is 0.507 e. The number of fused-ring (bicyclic) bond motifs is 1. The van der Waals surface area contributed by atoms with Crippen LogP contribution in [0.3, 0.4) is 0 Å². The summed E-state index contributed by atoms with van der Waals surface area (Å²) in [6.07, 6.45) is 0. The van der Waals surface area contributed by atoms with Crippen LogP contribution in [-0.2, 0) is 0 Å². The molecule has 68 valence electrons. The Labute approximate surface area is 80.0 Å². The van der Waals surface area contributed by atoms with Crippen molar-refractivity contribution in [2.24, 2.45) is 5.11 Å². The Morgan fingerprint density at radius 3 is 2.71 bits per heavy atom. The van der Waals surface area contributed by atoms with Gasteiger partial charge in [-0.3, -0.25) is 0 Å². The Morgan fingerprint density at radius 2 is 1.93 bits per heavy atom. The standard InChI is InChI=1S/C10H7N3O/c11-13-12-10-8-4-2-1-3-7(8)5-6-9(10)14/h1-6,14H. The Morgan fingerprint density at radius 1 is 1.14 bits per heavy atom.